The highest BCUT2D eigenvalue weighted by Crippen LogP contribution is 2.31. The van der Waals surface area contributed by atoms with Gasteiger partial charge in [0.1, 0.15) is 0 Å². The van der Waals surface area contributed by atoms with Gasteiger partial charge in [-0.05, 0) is 17.5 Å². The summed E-state index contributed by atoms with van der Waals surface area (Å²) in [6.07, 6.45) is 3.82. The minimum atomic E-state index is -0.488. The van der Waals surface area contributed by atoms with E-state index in [-0.39, 0.29) is 11.9 Å². The molecule has 0 saturated heterocycles. The highest BCUT2D eigenvalue weighted by atomic mass is 16.3. The largest absolute Gasteiger partial charge is 0.390 e. The standard InChI is InChI=1S/C15H21NO2/c1-2-3-4-9-14(18)16-15-12-8-6-5-7-11(12)10-13(15)17/h5-8,13,15,17H,2-4,9-10H2,1H3,(H,16,18). The van der Waals surface area contributed by atoms with Crippen LogP contribution in [0.5, 0.6) is 0 Å². The van der Waals surface area contributed by atoms with Gasteiger partial charge < -0.3 is 10.4 Å². The Morgan fingerprint density at radius 2 is 2.17 bits per heavy atom. The Balaban J connectivity index is 1.95. The summed E-state index contributed by atoms with van der Waals surface area (Å²) in [5.41, 5.74) is 2.21. The molecule has 0 aliphatic heterocycles. The van der Waals surface area contributed by atoms with Crippen molar-refractivity contribution in [1.82, 2.24) is 5.32 Å². The van der Waals surface area contributed by atoms with Gasteiger partial charge in [0.15, 0.2) is 0 Å². The van der Waals surface area contributed by atoms with Crippen molar-refractivity contribution in [3.8, 4) is 0 Å². The van der Waals surface area contributed by atoms with Crippen LogP contribution in [0.2, 0.25) is 0 Å². The van der Waals surface area contributed by atoms with Gasteiger partial charge in [0.05, 0.1) is 12.1 Å². The topological polar surface area (TPSA) is 49.3 Å². The molecule has 3 nitrogen and oxygen atoms in total. The Hall–Kier alpha value is -1.35. The van der Waals surface area contributed by atoms with E-state index in [0.29, 0.717) is 12.8 Å². The number of hydrogen-bond acceptors (Lipinski definition) is 2. The smallest absolute Gasteiger partial charge is 0.220 e. The molecule has 0 aromatic heterocycles. The van der Waals surface area contributed by atoms with Crippen LogP contribution in [0.25, 0.3) is 0 Å². The molecule has 0 bridgehead atoms. The van der Waals surface area contributed by atoms with E-state index in [1.807, 2.05) is 24.3 Å². The monoisotopic (exact) mass is 247 g/mol. The van der Waals surface area contributed by atoms with Gasteiger partial charge in [0, 0.05) is 12.8 Å². The third kappa shape index (κ3) is 2.91. The number of aliphatic hydroxyl groups is 1. The van der Waals surface area contributed by atoms with Crippen molar-refractivity contribution in [3.05, 3.63) is 35.4 Å². The molecular weight excluding hydrogens is 226 g/mol. The molecule has 98 valence electrons. The van der Waals surface area contributed by atoms with E-state index in [4.69, 9.17) is 0 Å². The van der Waals surface area contributed by atoms with Crippen molar-refractivity contribution in [2.45, 2.75) is 51.2 Å². The maximum atomic E-state index is 11.8. The molecule has 2 N–H and O–H groups in total. The van der Waals surface area contributed by atoms with Crippen molar-refractivity contribution in [3.63, 3.8) is 0 Å². The SMILES string of the molecule is CCCCCC(=O)NC1c2ccccc2CC1O. The second-order valence-corrected chi connectivity index (χ2v) is 4.97. The fraction of sp³-hybridized carbons (Fsp3) is 0.533. The summed E-state index contributed by atoms with van der Waals surface area (Å²) in [6.45, 7) is 2.12. The van der Waals surface area contributed by atoms with E-state index in [9.17, 15) is 9.90 Å². The van der Waals surface area contributed by atoms with Gasteiger partial charge in [-0.3, -0.25) is 4.79 Å². The van der Waals surface area contributed by atoms with Gasteiger partial charge >= 0.3 is 0 Å². The number of amides is 1. The number of rotatable bonds is 5. The Kier molecular flexibility index (Phi) is 4.37. The molecule has 2 rings (SSSR count). The first-order chi connectivity index (χ1) is 8.72. The van der Waals surface area contributed by atoms with Crippen LogP contribution in [-0.2, 0) is 11.2 Å². The van der Waals surface area contributed by atoms with E-state index in [1.165, 1.54) is 0 Å². The second kappa shape index (κ2) is 6.01. The zero-order chi connectivity index (χ0) is 13.0. The molecule has 1 amide bonds. The van der Waals surface area contributed by atoms with Crippen LogP contribution in [-0.4, -0.2) is 17.1 Å². The summed E-state index contributed by atoms with van der Waals surface area (Å²) in [5.74, 6) is 0.0456. The van der Waals surface area contributed by atoms with Gasteiger partial charge in [-0.25, -0.2) is 0 Å². The lowest BCUT2D eigenvalue weighted by atomic mass is 10.1. The summed E-state index contributed by atoms with van der Waals surface area (Å²) >= 11 is 0. The third-order valence-corrected chi connectivity index (χ3v) is 3.53. The molecule has 0 saturated carbocycles. The lowest BCUT2D eigenvalue weighted by molar-refractivity contribution is -0.122. The maximum absolute atomic E-state index is 11.8. The van der Waals surface area contributed by atoms with Crippen molar-refractivity contribution >= 4 is 5.91 Å². The van der Waals surface area contributed by atoms with Crippen molar-refractivity contribution < 1.29 is 9.90 Å². The van der Waals surface area contributed by atoms with E-state index in [1.54, 1.807) is 0 Å². The Morgan fingerprint density at radius 1 is 1.39 bits per heavy atom. The van der Waals surface area contributed by atoms with E-state index in [2.05, 4.69) is 12.2 Å². The maximum Gasteiger partial charge on any atom is 0.220 e. The zero-order valence-corrected chi connectivity index (χ0v) is 10.9. The van der Waals surface area contributed by atoms with Gasteiger partial charge in [-0.2, -0.15) is 0 Å². The van der Waals surface area contributed by atoms with Gasteiger partial charge in [-0.15, -0.1) is 0 Å². The fourth-order valence-corrected chi connectivity index (χ4v) is 2.53. The molecule has 1 aliphatic rings. The van der Waals surface area contributed by atoms with Crippen LogP contribution in [0.3, 0.4) is 0 Å². The van der Waals surface area contributed by atoms with E-state index >= 15 is 0 Å². The minimum absolute atomic E-state index is 0.0456. The molecule has 0 fully saturated rings. The zero-order valence-electron chi connectivity index (χ0n) is 10.9. The molecular formula is C15H21NO2. The van der Waals surface area contributed by atoms with Gasteiger partial charge in [-0.1, -0.05) is 44.0 Å². The van der Waals surface area contributed by atoms with E-state index in [0.717, 1.165) is 30.4 Å². The molecule has 0 spiro atoms. The number of carbonyl (C=O) groups excluding carboxylic acids is 1. The minimum Gasteiger partial charge on any atom is -0.390 e. The summed E-state index contributed by atoms with van der Waals surface area (Å²) < 4.78 is 0. The molecule has 1 aliphatic carbocycles. The second-order valence-electron chi connectivity index (χ2n) is 4.97. The van der Waals surface area contributed by atoms with Crippen LogP contribution in [0.1, 0.15) is 49.8 Å². The summed E-state index contributed by atoms with van der Waals surface area (Å²) in [7, 11) is 0. The Morgan fingerprint density at radius 3 is 2.94 bits per heavy atom. The number of unbranched alkanes of at least 4 members (excludes halogenated alkanes) is 2. The quantitative estimate of drug-likeness (QED) is 0.785. The van der Waals surface area contributed by atoms with Crippen LogP contribution >= 0.6 is 0 Å². The highest BCUT2D eigenvalue weighted by Gasteiger charge is 2.31. The first-order valence-electron chi connectivity index (χ1n) is 6.77. The average Bonchev–Trinajstić information content (AvgIpc) is 2.67. The number of carbonyl (C=O) groups is 1. The van der Waals surface area contributed by atoms with E-state index < -0.39 is 6.10 Å². The van der Waals surface area contributed by atoms with Crippen LogP contribution in [0.15, 0.2) is 24.3 Å². The third-order valence-electron chi connectivity index (χ3n) is 3.53. The molecule has 18 heavy (non-hydrogen) atoms. The normalized spacial score (nSPS) is 21.7. The lowest BCUT2D eigenvalue weighted by Crippen LogP contribution is -2.33. The molecule has 3 heteroatoms. The predicted octanol–water partition coefficient (Wildman–Crippen LogP) is 2.34. The molecule has 2 atom stereocenters. The lowest BCUT2D eigenvalue weighted by Gasteiger charge is -2.17. The van der Waals surface area contributed by atoms with Crippen molar-refractivity contribution in [1.29, 1.82) is 0 Å². The molecule has 2 unspecified atom stereocenters. The van der Waals surface area contributed by atoms with Crippen LogP contribution in [0.4, 0.5) is 0 Å². The summed E-state index contributed by atoms with van der Waals surface area (Å²) in [6, 6.07) is 7.70. The Bertz CT molecular complexity index is 417. The number of fused-ring (bicyclic) bond motifs is 1. The molecule has 1 aromatic carbocycles. The number of nitrogens with one attached hydrogen (secondary N) is 1. The average molecular weight is 247 g/mol. The van der Waals surface area contributed by atoms with Crippen molar-refractivity contribution in [2.75, 3.05) is 0 Å². The van der Waals surface area contributed by atoms with Crippen molar-refractivity contribution in [2.24, 2.45) is 0 Å². The van der Waals surface area contributed by atoms with Gasteiger partial charge in [0.25, 0.3) is 0 Å². The summed E-state index contributed by atoms with van der Waals surface area (Å²) in [5, 5.41) is 13.0. The van der Waals surface area contributed by atoms with Gasteiger partial charge in [0.2, 0.25) is 5.91 Å². The number of benzene rings is 1. The predicted molar refractivity (Wildman–Crippen MR) is 71.2 cm³/mol. The summed E-state index contributed by atoms with van der Waals surface area (Å²) in [4.78, 5) is 11.8. The van der Waals surface area contributed by atoms with Crippen LogP contribution in [0, 0.1) is 0 Å². The molecule has 1 aromatic rings. The number of hydrogen-bond donors (Lipinski definition) is 2. The molecule has 0 heterocycles. The first kappa shape index (κ1) is 13.1. The first-order valence-corrected chi connectivity index (χ1v) is 6.77. The number of aliphatic hydroxyl groups excluding tert-OH is 1. The Labute approximate surface area is 108 Å². The molecule has 0 radical (unpaired) electrons. The highest BCUT2D eigenvalue weighted by molar-refractivity contribution is 5.76. The van der Waals surface area contributed by atoms with Crippen LogP contribution < -0.4 is 5.32 Å². The fourth-order valence-electron chi connectivity index (χ4n) is 2.53.